The standard InChI is InChI=1S/C26H22N2O.4C8H7N.C7H8O2S.C5H11NO.C4H10.C3H8.2CH4/c1-25(2)21-14-8-9-15-22(21)28(3)26(25)16-27-23-19-12-6-4-10-17(19)18-11-5-7-13-20(18)24(23)29-26;4*1-2-4-8-7(3-1)5-6-9-8;1-10(8,9)7-5-3-2-4-6-7;1-3-5(6)4(2)7;1-3-4-2;1-3-2;;/h4-16H,1-3H3;4*1-6,9H;2-6H,1H3;5H,3,6H2,1-2H3;3-4H2,1-2H3;3H2,1-2H3;2*1H4. The van der Waals surface area contributed by atoms with Crippen molar-refractivity contribution in [2.75, 3.05) is 18.2 Å². The lowest BCUT2D eigenvalue weighted by molar-refractivity contribution is -0.118. The minimum Gasteiger partial charge on any atom is -0.459 e. The number of likely N-dealkylation sites (N-methyl/N-ethyl adjacent to an activating group) is 1. The van der Waals surface area contributed by atoms with Gasteiger partial charge in [0.2, 0.25) is 5.72 Å². The van der Waals surface area contributed by atoms with Crippen LogP contribution in [0.3, 0.4) is 0 Å². The first-order valence-electron chi connectivity index (χ1n) is 30.6. The summed E-state index contributed by atoms with van der Waals surface area (Å²) < 4.78 is 28.7. The Balaban J connectivity index is 0.000000204. The number of benzene rings is 9. The molecule has 15 rings (SSSR count). The number of fused-ring (bicyclic) bond motifs is 11. The maximum atomic E-state index is 10.8. The van der Waals surface area contributed by atoms with Gasteiger partial charge in [0.05, 0.1) is 22.6 Å². The van der Waals surface area contributed by atoms with Crippen molar-refractivity contribution in [1.29, 1.82) is 0 Å². The normalized spacial score (nSPS) is 13.7. The van der Waals surface area contributed by atoms with Crippen LogP contribution in [0.5, 0.6) is 5.75 Å². The molecule has 2 aliphatic rings. The predicted molar refractivity (Wildman–Crippen MR) is 393 cm³/mol. The molecule has 13 aromatic rings. The Morgan fingerprint density at radius 1 is 0.516 bits per heavy atom. The number of carbonyl (C=O) groups excluding carboxylic acids is 1. The number of hydrogen-bond donors (Lipinski definition) is 5. The zero-order valence-corrected chi connectivity index (χ0v) is 54.0. The number of nitrogens with zero attached hydrogens (tertiary/aromatic N) is 2. The van der Waals surface area contributed by atoms with E-state index < -0.39 is 15.6 Å². The third-order valence-electron chi connectivity index (χ3n) is 15.3. The summed E-state index contributed by atoms with van der Waals surface area (Å²) in [7, 11) is -0.898. The molecule has 0 radical (unpaired) electrons. The van der Waals surface area contributed by atoms with Gasteiger partial charge in [-0.1, -0.05) is 226 Å². The van der Waals surface area contributed by atoms with Gasteiger partial charge in [-0.25, -0.2) is 8.42 Å². The quantitative estimate of drug-likeness (QED) is 0.110. The first-order valence-corrected chi connectivity index (χ1v) is 32.5. The van der Waals surface area contributed by atoms with Crippen LogP contribution in [-0.2, 0) is 20.0 Å². The van der Waals surface area contributed by atoms with Gasteiger partial charge in [-0.3, -0.25) is 9.79 Å². The highest BCUT2D eigenvalue weighted by Crippen LogP contribution is 2.56. The smallest absolute Gasteiger partial charge is 0.228 e. The van der Waals surface area contributed by atoms with Crippen molar-refractivity contribution in [2.24, 2.45) is 10.7 Å². The van der Waals surface area contributed by atoms with Crippen LogP contribution in [0.2, 0.25) is 0 Å². The van der Waals surface area contributed by atoms with Gasteiger partial charge in [-0.05, 0) is 132 Å². The van der Waals surface area contributed by atoms with Crippen molar-refractivity contribution in [3.8, 4) is 5.75 Å². The number of aromatic nitrogens is 4. The van der Waals surface area contributed by atoms with Gasteiger partial charge in [-0.2, -0.15) is 0 Å². The summed E-state index contributed by atoms with van der Waals surface area (Å²) in [6, 6.07) is 74.7. The van der Waals surface area contributed by atoms with Crippen LogP contribution < -0.4 is 15.4 Å². The largest absolute Gasteiger partial charge is 0.459 e. The van der Waals surface area contributed by atoms with Crippen LogP contribution in [0, 0.1) is 0 Å². The van der Waals surface area contributed by atoms with Crippen molar-refractivity contribution >= 4 is 98.4 Å². The number of sulfone groups is 1. The van der Waals surface area contributed by atoms with Crippen LogP contribution in [0.1, 0.15) is 101 Å². The predicted octanol–water partition coefficient (Wildman–Crippen LogP) is 20.8. The Morgan fingerprint density at radius 2 is 0.868 bits per heavy atom. The molecule has 6 N–H and O–H groups in total. The molecular weight excluding hydrogens is 1140 g/mol. The molecule has 0 saturated carbocycles. The SMILES string of the molecule is C.C.CCC.CCC(N)C(C)=O.CCCC.CN1c2ccccc2C(C)(C)C12C=Nc1c(c3ccccc3c3ccccc13)O2.CS(=O)(=O)c1ccccc1.c1ccc2[nH]ccc2c1.c1ccc2[nH]ccc2c1.c1ccc2[nH]ccc2c1.c1ccc2[nH]ccc2c1. The van der Waals surface area contributed by atoms with E-state index in [4.69, 9.17) is 15.5 Å². The maximum absolute atomic E-state index is 10.8. The topological polar surface area (TPSA) is 165 Å². The number of rotatable bonds is 4. The lowest BCUT2D eigenvalue weighted by Crippen LogP contribution is -2.61. The van der Waals surface area contributed by atoms with E-state index in [0.29, 0.717) is 4.90 Å². The second-order valence-electron chi connectivity index (χ2n) is 22.2. The third-order valence-corrected chi connectivity index (χ3v) is 16.4. The molecule has 12 heteroatoms. The zero-order valence-electron chi connectivity index (χ0n) is 53.2. The molecule has 0 aliphatic carbocycles. The molecule has 6 heterocycles. The lowest BCUT2D eigenvalue weighted by atomic mass is 9.77. The monoisotopic (exact) mass is 1240 g/mol. The second-order valence-corrected chi connectivity index (χ2v) is 24.2. The first kappa shape index (κ1) is 72.3. The molecule has 11 nitrogen and oxygen atoms in total. The molecule has 1 spiro atoms. The van der Waals surface area contributed by atoms with Crippen LogP contribution in [0.4, 0.5) is 11.4 Å². The van der Waals surface area contributed by atoms with E-state index in [2.05, 4.69) is 219 Å². The lowest BCUT2D eigenvalue weighted by Gasteiger charge is -2.45. The third kappa shape index (κ3) is 18.3. The fourth-order valence-corrected chi connectivity index (χ4v) is 10.8. The van der Waals surface area contributed by atoms with Gasteiger partial charge in [0.1, 0.15) is 11.5 Å². The maximum Gasteiger partial charge on any atom is 0.228 e. The molecule has 2 unspecified atom stereocenters. The minimum atomic E-state index is -3.00. The summed E-state index contributed by atoms with van der Waals surface area (Å²) >= 11 is 0. The summed E-state index contributed by atoms with van der Waals surface area (Å²) in [5, 5.41) is 9.75. The Bertz CT molecular complexity index is 4040. The summed E-state index contributed by atoms with van der Waals surface area (Å²) in [5.74, 6) is 0.942. The van der Waals surface area contributed by atoms with Gasteiger partial charge in [0.25, 0.3) is 0 Å². The van der Waals surface area contributed by atoms with E-state index in [1.165, 1.54) is 98.1 Å². The number of carbonyl (C=O) groups is 1. The molecule has 0 saturated heterocycles. The molecule has 0 amide bonds. The Kier molecular flexibility index (Phi) is 27.8. The molecule has 4 aromatic heterocycles. The zero-order chi connectivity index (χ0) is 63.8. The Morgan fingerprint density at radius 3 is 1.22 bits per heavy atom. The summed E-state index contributed by atoms with van der Waals surface area (Å²) in [6.07, 6.45) is 15.6. The van der Waals surface area contributed by atoms with Crippen LogP contribution in [0.25, 0.3) is 65.2 Å². The highest BCUT2D eigenvalue weighted by Gasteiger charge is 2.58. The molecule has 2 aliphatic heterocycles. The molecule has 0 bridgehead atoms. The number of nitrogens with two attached hydrogens (primary N) is 1. The molecular formula is C79H95N7O4S. The average molecular weight is 1240 g/mol. The van der Waals surface area contributed by atoms with E-state index in [1.807, 2.05) is 86.5 Å². The number of anilines is 1. The Labute approximate surface area is 540 Å². The molecule has 476 valence electrons. The fraction of sp³-hybridized carbons (Fsp3) is 0.241. The van der Waals surface area contributed by atoms with Crippen molar-refractivity contribution in [3.63, 3.8) is 0 Å². The Hall–Kier alpha value is -9.49. The minimum absolute atomic E-state index is 0. The van der Waals surface area contributed by atoms with Crippen molar-refractivity contribution < 1.29 is 17.9 Å². The van der Waals surface area contributed by atoms with E-state index >= 15 is 0 Å². The number of aromatic amines is 4. The van der Waals surface area contributed by atoms with Gasteiger partial charge >= 0.3 is 0 Å². The summed E-state index contributed by atoms with van der Waals surface area (Å²) in [6.45, 7) is 16.5. The van der Waals surface area contributed by atoms with E-state index in [9.17, 15) is 13.2 Å². The fourth-order valence-electron chi connectivity index (χ4n) is 10.1. The number of para-hydroxylation sites is 5. The number of Topliss-reactive ketones (excluding diaryl/α,β-unsaturated/α-hetero) is 1. The number of H-pyrrole nitrogens is 4. The summed E-state index contributed by atoms with van der Waals surface area (Å²) in [5.41, 5.74) is 12.6. The number of ether oxygens (including phenoxy) is 1. The number of nitrogens with one attached hydrogen (secondary N) is 4. The van der Waals surface area contributed by atoms with Crippen molar-refractivity contribution in [2.45, 2.75) is 118 Å². The van der Waals surface area contributed by atoms with Crippen LogP contribution in [-0.4, -0.2) is 65.4 Å². The number of hydrogen-bond acceptors (Lipinski definition) is 7. The van der Waals surface area contributed by atoms with Crippen LogP contribution >= 0.6 is 0 Å². The van der Waals surface area contributed by atoms with Gasteiger partial charge < -0.3 is 35.3 Å². The van der Waals surface area contributed by atoms with Gasteiger partial charge in [-0.15, -0.1) is 0 Å². The molecule has 9 aromatic carbocycles. The van der Waals surface area contributed by atoms with E-state index in [1.54, 1.807) is 30.3 Å². The first-order chi connectivity index (χ1) is 43.0. The summed E-state index contributed by atoms with van der Waals surface area (Å²) in [4.78, 5) is 30.4. The number of ketones is 1. The second kappa shape index (κ2) is 35.0. The van der Waals surface area contributed by atoms with Crippen molar-refractivity contribution in [1.82, 2.24) is 19.9 Å². The highest BCUT2D eigenvalue weighted by atomic mass is 32.2. The van der Waals surface area contributed by atoms with Crippen LogP contribution in [0.15, 0.2) is 259 Å². The number of aliphatic imine (C=N–C) groups is 1. The molecule has 0 fully saturated rings. The van der Waals surface area contributed by atoms with Gasteiger partial charge in [0, 0.05) is 76.6 Å². The molecule has 2 atom stereocenters. The van der Waals surface area contributed by atoms with Gasteiger partial charge in [0.15, 0.2) is 15.6 Å². The van der Waals surface area contributed by atoms with E-state index in [-0.39, 0.29) is 32.1 Å². The van der Waals surface area contributed by atoms with Crippen molar-refractivity contribution in [3.05, 3.63) is 255 Å². The highest BCUT2D eigenvalue weighted by molar-refractivity contribution is 7.90. The average Bonchev–Trinajstić information content (AvgIpc) is 1.62. The van der Waals surface area contributed by atoms with E-state index in [0.717, 1.165) is 28.6 Å². The molecule has 91 heavy (non-hydrogen) atoms. The number of unbranched alkanes of at least 4 members (excludes halogenated alkanes) is 1.